The minimum Gasteiger partial charge on any atom is -0.382 e. The maximum Gasteiger partial charge on any atom is 0.0477 e. The van der Waals surface area contributed by atoms with Crippen molar-refractivity contribution in [3.8, 4) is 0 Å². The Morgan fingerprint density at radius 2 is 1.88 bits per heavy atom. The van der Waals surface area contributed by atoms with Crippen molar-refractivity contribution in [3.05, 3.63) is 0 Å². The normalized spacial score (nSPS) is 33.4. The van der Waals surface area contributed by atoms with Crippen LogP contribution in [0.4, 0.5) is 0 Å². The van der Waals surface area contributed by atoms with E-state index in [1.165, 1.54) is 51.4 Å². The molecular weight excluding hydrogens is 210 g/mol. The van der Waals surface area contributed by atoms with Crippen molar-refractivity contribution in [2.24, 2.45) is 11.8 Å². The molecule has 0 saturated heterocycles. The zero-order chi connectivity index (χ0) is 11.9. The van der Waals surface area contributed by atoms with Crippen LogP contribution in [0.2, 0.25) is 0 Å². The lowest BCUT2D eigenvalue weighted by molar-refractivity contribution is 0.131. The second-order valence-corrected chi connectivity index (χ2v) is 5.82. The molecule has 0 bridgehead atoms. The molecule has 2 nitrogen and oxygen atoms in total. The summed E-state index contributed by atoms with van der Waals surface area (Å²) < 4.78 is 5.37. The number of hydrogen-bond donors (Lipinski definition) is 1. The SMILES string of the molecule is CCOCCCNC1CCC2CCCCC2C1. The van der Waals surface area contributed by atoms with Crippen molar-refractivity contribution >= 4 is 0 Å². The first-order valence-electron chi connectivity index (χ1n) is 7.71. The van der Waals surface area contributed by atoms with Crippen LogP contribution in [0.5, 0.6) is 0 Å². The predicted molar refractivity (Wildman–Crippen MR) is 72.2 cm³/mol. The van der Waals surface area contributed by atoms with E-state index in [-0.39, 0.29) is 0 Å². The minimum atomic E-state index is 0.802. The molecule has 0 amide bonds. The summed E-state index contributed by atoms with van der Waals surface area (Å²) in [5.41, 5.74) is 0. The summed E-state index contributed by atoms with van der Waals surface area (Å²) in [6.45, 7) is 4.98. The lowest BCUT2D eigenvalue weighted by Gasteiger charge is -2.39. The van der Waals surface area contributed by atoms with Crippen LogP contribution in [0.15, 0.2) is 0 Å². The highest BCUT2D eigenvalue weighted by atomic mass is 16.5. The Labute approximate surface area is 107 Å². The van der Waals surface area contributed by atoms with Gasteiger partial charge in [0.25, 0.3) is 0 Å². The van der Waals surface area contributed by atoms with E-state index >= 15 is 0 Å². The second kappa shape index (κ2) is 7.38. The van der Waals surface area contributed by atoms with Crippen LogP contribution in [-0.4, -0.2) is 25.8 Å². The summed E-state index contributed by atoms with van der Waals surface area (Å²) in [5, 5.41) is 3.73. The zero-order valence-electron chi connectivity index (χ0n) is 11.4. The Hall–Kier alpha value is -0.0800. The monoisotopic (exact) mass is 239 g/mol. The fraction of sp³-hybridized carbons (Fsp3) is 1.00. The molecule has 2 rings (SSSR count). The van der Waals surface area contributed by atoms with Crippen LogP contribution in [0.3, 0.4) is 0 Å². The van der Waals surface area contributed by atoms with E-state index in [1.807, 2.05) is 0 Å². The smallest absolute Gasteiger partial charge is 0.0477 e. The molecule has 0 aromatic rings. The molecule has 2 fully saturated rings. The molecule has 0 heterocycles. The van der Waals surface area contributed by atoms with Crippen LogP contribution in [-0.2, 0) is 4.74 Å². The molecule has 1 N–H and O–H groups in total. The molecule has 0 radical (unpaired) electrons. The Morgan fingerprint density at radius 1 is 1.06 bits per heavy atom. The first kappa shape index (κ1) is 13.4. The number of hydrogen-bond acceptors (Lipinski definition) is 2. The van der Waals surface area contributed by atoms with Gasteiger partial charge in [0.1, 0.15) is 0 Å². The number of rotatable bonds is 6. The lowest BCUT2D eigenvalue weighted by Crippen LogP contribution is -2.39. The molecule has 3 atom stereocenters. The summed E-state index contributed by atoms with van der Waals surface area (Å²) in [6, 6.07) is 0.802. The Bertz CT molecular complexity index is 207. The molecule has 0 aromatic carbocycles. The third-order valence-electron chi connectivity index (χ3n) is 4.64. The molecule has 3 unspecified atom stereocenters. The predicted octanol–water partition coefficient (Wildman–Crippen LogP) is 3.36. The van der Waals surface area contributed by atoms with Crippen LogP contribution in [0.25, 0.3) is 0 Å². The van der Waals surface area contributed by atoms with Crippen molar-refractivity contribution in [2.45, 2.75) is 64.3 Å². The molecule has 0 aliphatic heterocycles. The van der Waals surface area contributed by atoms with Gasteiger partial charge in [0.15, 0.2) is 0 Å². The van der Waals surface area contributed by atoms with Crippen LogP contribution >= 0.6 is 0 Å². The van der Waals surface area contributed by atoms with Crippen molar-refractivity contribution in [1.29, 1.82) is 0 Å². The molecule has 100 valence electrons. The highest BCUT2D eigenvalue weighted by Gasteiger charge is 2.31. The Balaban J connectivity index is 1.59. The molecule has 2 aliphatic rings. The third kappa shape index (κ3) is 4.26. The summed E-state index contributed by atoms with van der Waals surface area (Å²) in [7, 11) is 0. The highest BCUT2D eigenvalue weighted by molar-refractivity contribution is 4.86. The van der Waals surface area contributed by atoms with Crippen LogP contribution in [0.1, 0.15) is 58.3 Å². The lowest BCUT2D eigenvalue weighted by atomic mass is 9.69. The van der Waals surface area contributed by atoms with E-state index in [0.717, 1.165) is 37.6 Å². The average Bonchev–Trinajstić information content (AvgIpc) is 2.38. The molecule has 0 spiro atoms. The summed E-state index contributed by atoms with van der Waals surface area (Å²) >= 11 is 0. The van der Waals surface area contributed by atoms with Gasteiger partial charge in [-0.1, -0.05) is 25.7 Å². The fourth-order valence-electron chi connectivity index (χ4n) is 3.68. The van der Waals surface area contributed by atoms with E-state index in [0.29, 0.717) is 0 Å². The first-order valence-corrected chi connectivity index (χ1v) is 7.71. The molecule has 2 aliphatic carbocycles. The molecule has 0 aromatic heterocycles. The highest BCUT2D eigenvalue weighted by Crippen LogP contribution is 2.40. The van der Waals surface area contributed by atoms with Crippen molar-refractivity contribution in [1.82, 2.24) is 5.32 Å². The van der Waals surface area contributed by atoms with Gasteiger partial charge in [0, 0.05) is 19.3 Å². The fourth-order valence-corrected chi connectivity index (χ4v) is 3.68. The van der Waals surface area contributed by atoms with Crippen LogP contribution in [0, 0.1) is 11.8 Å². The second-order valence-electron chi connectivity index (χ2n) is 5.82. The van der Waals surface area contributed by atoms with Gasteiger partial charge in [-0.05, 0) is 51.0 Å². The van der Waals surface area contributed by atoms with Gasteiger partial charge in [-0.15, -0.1) is 0 Å². The van der Waals surface area contributed by atoms with Gasteiger partial charge >= 0.3 is 0 Å². The topological polar surface area (TPSA) is 21.3 Å². The average molecular weight is 239 g/mol. The molecule has 2 heteroatoms. The van der Waals surface area contributed by atoms with Gasteiger partial charge < -0.3 is 10.1 Å². The van der Waals surface area contributed by atoms with Gasteiger partial charge in [-0.25, -0.2) is 0 Å². The summed E-state index contributed by atoms with van der Waals surface area (Å²) in [6.07, 6.45) is 11.5. The van der Waals surface area contributed by atoms with E-state index in [9.17, 15) is 0 Å². The molecular formula is C15H29NO. The van der Waals surface area contributed by atoms with E-state index in [2.05, 4.69) is 12.2 Å². The van der Waals surface area contributed by atoms with Gasteiger partial charge in [-0.3, -0.25) is 0 Å². The zero-order valence-corrected chi connectivity index (χ0v) is 11.4. The van der Waals surface area contributed by atoms with Gasteiger partial charge in [-0.2, -0.15) is 0 Å². The minimum absolute atomic E-state index is 0.802. The Kier molecular flexibility index (Phi) is 5.79. The van der Waals surface area contributed by atoms with Gasteiger partial charge in [0.05, 0.1) is 0 Å². The Morgan fingerprint density at radius 3 is 2.71 bits per heavy atom. The third-order valence-corrected chi connectivity index (χ3v) is 4.64. The van der Waals surface area contributed by atoms with Gasteiger partial charge in [0.2, 0.25) is 0 Å². The van der Waals surface area contributed by atoms with Crippen molar-refractivity contribution in [2.75, 3.05) is 19.8 Å². The van der Waals surface area contributed by atoms with E-state index in [4.69, 9.17) is 4.74 Å². The maximum atomic E-state index is 5.37. The van der Waals surface area contributed by atoms with Crippen molar-refractivity contribution in [3.63, 3.8) is 0 Å². The maximum absolute atomic E-state index is 5.37. The summed E-state index contributed by atoms with van der Waals surface area (Å²) in [4.78, 5) is 0. The summed E-state index contributed by atoms with van der Waals surface area (Å²) in [5.74, 6) is 2.12. The molecule has 17 heavy (non-hydrogen) atoms. The number of fused-ring (bicyclic) bond motifs is 1. The number of ether oxygens (including phenoxy) is 1. The van der Waals surface area contributed by atoms with E-state index < -0.39 is 0 Å². The standard InChI is InChI=1S/C15H29NO/c1-2-17-11-5-10-16-15-9-8-13-6-3-4-7-14(13)12-15/h13-16H,2-12H2,1H3. The quantitative estimate of drug-likeness (QED) is 0.718. The first-order chi connectivity index (χ1) is 8.40. The molecule has 2 saturated carbocycles. The van der Waals surface area contributed by atoms with Crippen molar-refractivity contribution < 1.29 is 4.74 Å². The number of nitrogens with one attached hydrogen (secondary N) is 1. The largest absolute Gasteiger partial charge is 0.382 e. The van der Waals surface area contributed by atoms with E-state index in [1.54, 1.807) is 0 Å². The van der Waals surface area contributed by atoms with Crippen LogP contribution < -0.4 is 5.32 Å².